The molecule has 0 saturated heterocycles. The molecule has 82 valence electrons. The molecule has 0 amide bonds. The zero-order valence-electron chi connectivity index (χ0n) is 8.54. The number of alkyl halides is 1. The van der Waals surface area contributed by atoms with Gasteiger partial charge < -0.3 is 10.5 Å². The second-order valence-electron chi connectivity index (χ2n) is 3.89. The van der Waals surface area contributed by atoms with Crippen molar-refractivity contribution < 1.29 is 13.9 Å². The molecule has 2 unspecified atom stereocenters. The second kappa shape index (κ2) is 5.29. The predicted molar refractivity (Wildman–Crippen MR) is 51.5 cm³/mol. The maximum Gasteiger partial charge on any atom is 0.325 e. The van der Waals surface area contributed by atoms with Gasteiger partial charge in [-0.15, -0.1) is 0 Å². The van der Waals surface area contributed by atoms with E-state index in [0.717, 1.165) is 32.1 Å². The Morgan fingerprint density at radius 2 is 2.00 bits per heavy atom. The summed E-state index contributed by atoms with van der Waals surface area (Å²) in [6, 6.07) is -1.11. The van der Waals surface area contributed by atoms with Crippen LogP contribution in [0.1, 0.15) is 32.1 Å². The lowest BCUT2D eigenvalue weighted by Crippen LogP contribution is -2.44. The van der Waals surface area contributed by atoms with E-state index in [0.29, 0.717) is 0 Å². The lowest BCUT2D eigenvalue weighted by atomic mass is 9.83. The summed E-state index contributed by atoms with van der Waals surface area (Å²) >= 11 is 0. The summed E-state index contributed by atoms with van der Waals surface area (Å²) in [4.78, 5) is 11.0. The first-order valence-electron chi connectivity index (χ1n) is 5.14. The predicted octanol–water partition coefficient (Wildman–Crippen LogP) is 1.41. The van der Waals surface area contributed by atoms with Gasteiger partial charge in [-0.3, -0.25) is 4.79 Å². The molecule has 0 radical (unpaired) electrons. The van der Waals surface area contributed by atoms with Crippen LogP contribution in [0.3, 0.4) is 0 Å². The summed E-state index contributed by atoms with van der Waals surface area (Å²) in [5.74, 6) is -0.707. The lowest BCUT2D eigenvalue weighted by Gasteiger charge is -2.27. The number of rotatable bonds is 3. The van der Waals surface area contributed by atoms with Crippen LogP contribution < -0.4 is 5.73 Å². The minimum Gasteiger partial charge on any atom is -0.468 e. The minimum atomic E-state index is -1.25. The Hall–Kier alpha value is -0.640. The molecule has 0 aromatic rings. The van der Waals surface area contributed by atoms with Crippen molar-refractivity contribution in [3.05, 3.63) is 0 Å². The Morgan fingerprint density at radius 1 is 1.43 bits per heavy atom. The number of carbonyl (C=O) groups excluding carboxylic acids is 1. The van der Waals surface area contributed by atoms with Crippen LogP contribution in [0.5, 0.6) is 0 Å². The van der Waals surface area contributed by atoms with Gasteiger partial charge in [-0.25, -0.2) is 4.39 Å². The second-order valence-corrected chi connectivity index (χ2v) is 3.89. The Kier molecular flexibility index (Phi) is 4.32. The average Bonchev–Trinajstić information content (AvgIpc) is 2.27. The summed E-state index contributed by atoms with van der Waals surface area (Å²) in [6.45, 7) is 0. The van der Waals surface area contributed by atoms with Gasteiger partial charge in [0.1, 0.15) is 12.2 Å². The third kappa shape index (κ3) is 2.67. The largest absolute Gasteiger partial charge is 0.468 e. The Labute approximate surface area is 83.8 Å². The van der Waals surface area contributed by atoms with Crippen LogP contribution in [0.4, 0.5) is 4.39 Å². The monoisotopic (exact) mass is 203 g/mol. The van der Waals surface area contributed by atoms with Gasteiger partial charge in [-0.05, 0) is 18.8 Å². The number of hydrogen-bond donors (Lipinski definition) is 1. The van der Waals surface area contributed by atoms with Crippen LogP contribution in [-0.2, 0) is 9.53 Å². The highest BCUT2D eigenvalue weighted by Gasteiger charge is 2.32. The van der Waals surface area contributed by atoms with Gasteiger partial charge in [0.2, 0.25) is 0 Å². The van der Waals surface area contributed by atoms with Crippen molar-refractivity contribution in [1.82, 2.24) is 0 Å². The molecule has 14 heavy (non-hydrogen) atoms. The SMILES string of the molecule is COC(=O)C(N)C(F)C1CCCCC1. The molecule has 1 rings (SSSR count). The Morgan fingerprint density at radius 3 is 2.50 bits per heavy atom. The molecule has 0 heterocycles. The topological polar surface area (TPSA) is 52.3 Å². The van der Waals surface area contributed by atoms with Crippen LogP contribution in [0, 0.1) is 5.92 Å². The maximum atomic E-state index is 13.7. The first-order chi connectivity index (χ1) is 6.66. The molecule has 0 aromatic heterocycles. The first kappa shape index (κ1) is 11.4. The number of hydrogen-bond acceptors (Lipinski definition) is 3. The molecular weight excluding hydrogens is 185 g/mol. The molecule has 0 aliphatic heterocycles. The Bertz CT molecular complexity index is 193. The number of carbonyl (C=O) groups is 1. The van der Waals surface area contributed by atoms with E-state index in [-0.39, 0.29) is 5.92 Å². The third-order valence-electron chi connectivity index (χ3n) is 2.92. The van der Waals surface area contributed by atoms with Crippen LogP contribution in [0.2, 0.25) is 0 Å². The van der Waals surface area contributed by atoms with Crippen molar-refractivity contribution in [2.75, 3.05) is 7.11 Å². The highest BCUT2D eigenvalue weighted by Crippen LogP contribution is 2.29. The van der Waals surface area contributed by atoms with E-state index in [2.05, 4.69) is 4.74 Å². The van der Waals surface area contributed by atoms with E-state index in [1.54, 1.807) is 0 Å². The van der Waals surface area contributed by atoms with Crippen molar-refractivity contribution in [3.8, 4) is 0 Å². The van der Waals surface area contributed by atoms with Gasteiger partial charge in [-0.2, -0.15) is 0 Å². The quantitative estimate of drug-likeness (QED) is 0.705. The van der Waals surface area contributed by atoms with Crippen molar-refractivity contribution >= 4 is 5.97 Å². The molecule has 3 nitrogen and oxygen atoms in total. The molecule has 4 heteroatoms. The fraction of sp³-hybridized carbons (Fsp3) is 0.900. The molecule has 1 aliphatic rings. The Balaban J connectivity index is 2.45. The van der Waals surface area contributed by atoms with Crippen LogP contribution in [-0.4, -0.2) is 25.3 Å². The van der Waals surface area contributed by atoms with Crippen molar-refractivity contribution in [3.63, 3.8) is 0 Å². The summed E-state index contributed by atoms with van der Waals surface area (Å²) in [5.41, 5.74) is 5.45. The zero-order valence-corrected chi connectivity index (χ0v) is 8.54. The fourth-order valence-electron chi connectivity index (χ4n) is 2.01. The van der Waals surface area contributed by atoms with Crippen molar-refractivity contribution in [1.29, 1.82) is 0 Å². The lowest BCUT2D eigenvalue weighted by molar-refractivity contribution is -0.144. The highest BCUT2D eigenvalue weighted by atomic mass is 19.1. The minimum absolute atomic E-state index is 0.0575. The van der Waals surface area contributed by atoms with Crippen molar-refractivity contribution in [2.45, 2.75) is 44.3 Å². The molecule has 1 aliphatic carbocycles. The molecule has 2 atom stereocenters. The van der Waals surface area contributed by atoms with Gasteiger partial charge in [0, 0.05) is 0 Å². The number of esters is 1. The smallest absolute Gasteiger partial charge is 0.325 e. The van der Waals surface area contributed by atoms with Crippen LogP contribution in [0.25, 0.3) is 0 Å². The van der Waals surface area contributed by atoms with Gasteiger partial charge in [0.15, 0.2) is 0 Å². The summed E-state index contributed by atoms with van der Waals surface area (Å²) < 4.78 is 18.1. The van der Waals surface area contributed by atoms with E-state index in [1.165, 1.54) is 7.11 Å². The molecule has 1 saturated carbocycles. The van der Waals surface area contributed by atoms with Crippen molar-refractivity contribution in [2.24, 2.45) is 11.7 Å². The standard InChI is InChI=1S/C10H18FNO2/c1-14-10(13)9(12)8(11)7-5-3-2-4-6-7/h7-9H,2-6,12H2,1H3. The zero-order chi connectivity index (χ0) is 10.6. The van der Waals surface area contributed by atoms with E-state index >= 15 is 0 Å². The summed E-state index contributed by atoms with van der Waals surface area (Å²) in [5, 5.41) is 0. The van der Waals surface area contributed by atoms with E-state index in [1.807, 2.05) is 0 Å². The van der Waals surface area contributed by atoms with Gasteiger partial charge in [-0.1, -0.05) is 19.3 Å². The molecular formula is C10H18FNO2. The average molecular weight is 203 g/mol. The molecule has 1 fully saturated rings. The third-order valence-corrected chi connectivity index (χ3v) is 2.92. The molecule has 0 spiro atoms. The van der Waals surface area contributed by atoms with Gasteiger partial charge >= 0.3 is 5.97 Å². The number of nitrogens with two attached hydrogens (primary N) is 1. The van der Waals surface area contributed by atoms with Crippen LogP contribution in [0.15, 0.2) is 0 Å². The summed E-state index contributed by atoms with van der Waals surface area (Å²) in [7, 11) is 1.23. The van der Waals surface area contributed by atoms with E-state index < -0.39 is 18.2 Å². The van der Waals surface area contributed by atoms with Crippen LogP contribution >= 0.6 is 0 Å². The van der Waals surface area contributed by atoms with Gasteiger partial charge in [0.25, 0.3) is 0 Å². The number of methoxy groups -OCH3 is 1. The number of halogens is 1. The molecule has 2 N–H and O–H groups in total. The fourth-order valence-corrected chi connectivity index (χ4v) is 2.01. The van der Waals surface area contributed by atoms with Gasteiger partial charge in [0.05, 0.1) is 7.11 Å². The molecule has 0 aromatic carbocycles. The molecule has 0 bridgehead atoms. The van der Waals surface area contributed by atoms with E-state index in [9.17, 15) is 9.18 Å². The number of ether oxygens (including phenoxy) is 1. The normalized spacial score (nSPS) is 22.8. The van der Waals surface area contributed by atoms with E-state index in [4.69, 9.17) is 5.73 Å². The summed E-state index contributed by atoms with van der Waals surface area (Å²) in [6.07, 6.45) is 3.68. The highest BCUT2D eigenvalue weighted by molar-refractivity contribution is 5.76. The first-order valence-corrected chi connectivity index (χ1v) is 5.14. The maximum absolute atomic E-state index is 13.7.